The Kier molecular flexibility index (Phi) is 5.30. The van der Waals surface area contributed by atoms with Crippen LogP contribution in [0.15, 0.2) is 42.5 Å². The van der Waals surface area contributed by atoms with Crippen molar-refractivity contribution in [2.75, 3.05) is 13.7 Å². The molecule has 0 spiro atoms. The lowest BCUT2D eigenvalue weighted by Crippen LogP contribution is -2.16. The molecule has 2 aromatic rings. The average Bonchev–Trinajstić information content (AvgIpc) is 2.46. The van der Waals surface area contributed by atoms with Gasteiger partial charge in [0.15, 0.2) is 0 Å². The Hall–Kier alpha value is -1.22. The molecule has 2 nitrogen and oxygen atoms in total. The summed E-state index contributed by atoms with van der Waals surface area (Å²) in [5.74, 6) is 0.923. The molecule has 0 fully saturated rings. The molecule has 0 heterocycles. The highest BCUT2D eigenvalue weighted by Gasteiger charge is 2.17. The second-order valence-electron chi connectivity index (χ2n) is 4.62. The maximum absolute atomic E-state index is 6.26. The van der Waals surface area contributed by atoms with Crippen LogP contribution in [-0.4, -0.2) is 13.7 Å². The predicted octanol–water partition coefficient (Wildman–Crippen LogP) is 4.29. The van der Waals surface area contributed by atoms with E-state index in [9.17, 15) is 0 Å². The summed E-state index contributed by atoms with van der Waals surface area (Å²) in [6.07, 6.45) is 0.775. The molecule has 0 radical (unpaired) electrons. The third-order valence-corrected chi connectivity index (χ3v) is 3.97. The smallest absolute Gasteiger partial charge is 0.119 e. The fourth-order valence-corrected chi connectivity index (χ4v) is 2.99. The first-order valence-corrected chi connectivity index (χ1v) is 7.18. The van der Waals surface area contributed by atoms with Gasteiger partial charge in [-0.1, -0.05) is 41.4 Å². The summed E-state index contributed by atoms with van der Waals surface area (Å²) in [6.45, 7) is 0.487. The van der Waals surface area contributed by atoms with Crippen molar-refractivity contribution < 1.29 is 4.74 Å². The maximum Gasteiger partial charge on any atom is 0.119 e. The van der Waals surface area contributed by atoms with Crippen LogP contribution in [0.25, 0.3) is 0 Å². The Morgan fingerprint density at radius 2 is 1.75 bits per heavy atom. The van der Waals surface area contributed by atoms with Gasteiger partial charge in [0.25, 0.3) is 0 Å². The molecule has 1 atom stereocenters. The highest BCUT2D eigenvalue weighted by atomic mass is 35.5. The molecule has 0 saturated carbocycles. The van der Waals surface area contributed by atoms with E-state index in [0.29, 0.717) is 16.6 Å². The van der Waals surface area contributed by atoms with E-state index in [1.807, 2.05) is 36.4 Å². The molecule has 0 aliphatic rings. The lowest BCUT2D eigenvalue weighted by Gasteiger charge is -2.18. The van der Waals surface area contributed by atoms with E-state index < -0.39 is 0 Å². The summed E-state index contributed by atoms with van der Waals surface area (Å²) in [6, 6.07) is 13.5. The topological polar surface area (TPSA) is 35.2 Å². The zero-order chi connectivity index (χ0) is 14.5. The molecule has 0 saturated heterocycles. The highest BCUT2D eigenvalue weighted by molar-refractivity contribution is 6.36. The molecule has 2 aromatic carbocycles. The second-order valence-corrected chi connectivity index (χ2v) is 5.44. The summed E-state index contributed by atoms with van der Waals surface area (Å²) < 4.78 is 5.24. The van der Waals surface area contributed by atoms with E-state index in [-0.39, 0.29) is 5.92 Å². The quantitative estimate of drug-likeness (QED) is 0.894. The van der Waals surface area contributed by atoms with Gasteiger partial charge in [-0.05, 0) is 48.4 Å². The molecule has 20 heavy (non-hydrogen) atoms. The standard InChI is InChI=1S/C16H17Cl2NO/c1-20-13-5-2-4-11(9-13)8-12(10-19)16-14(17)6-3-7-15(16)18/h2-7,9,12H,8,10,19H2,1H3. The van der Waals surface area contributed by atoms with Crippen LogP contribution in [0.4, 0.5) is 0 Å². The lowest BCUT2D eigenvalue weighted by molar-refractivity contribution is 0.414. The Balaban J connectivity index is 2.29. The van der Waals surface area contributed by atoms with Crippen LogP contribution in [0.5, 0.6) is 5.75 Å². The van der Waals surface area contributed by atoms with Crippen molar-refractivity contribution in [1.82, 2.24) is 0 Å². The molecule has 4 heteroatoms. The lowest BCUT2D eigenvalue weighted by atomic mass is 9.92. The average molecular weight is 310 g/mol. The summed E-state index contributed by atoms with van der Waals surface area (Å²) in [5, 5.41) is 1.33. The van der Waals surface area contributed by atoms with Gasteiger partial charge in [0, 0.05) is 16.0 Å². The second kappa shape index (κ2) is 6.98. The Labute approximate surface area is 129 Å². The Morgan fingerprint density at radius 1 is 1.10 bits per heavy atom. The van der Waals surface area contributed by atoms with Crippen LogP contribution in [0.3, 0.4) is 0 Å². The zero-order valence-corrected chi connectivity index (χ0v) is 12.8. The zero-order valence-electron chi connectivity index (χ0n) is 11.3. The molecular weight excluding hydrogens is 293 g/mol. The largest absolute Gasteiger partial charge is 0.497 e. The highest BCUT2D eigenvalue weighted by Crippen LogP contribution is 2.33. The number of hydrogen-bond acceptors (Lipinski definition) is 2. The van der Waals surface area contributed by atoms with E-state index in [2.05, 4.69) is 6.07 Å². The summed E-state index contributed by atoms with van der Waals surface area (Å²) in [5.41, 5.74) is 7.98. The van der Waals surface area contributed by atoms with Crippen molar-refractivity contribution in [1.29, 1.82) is 0 Å². The van der Waals surface area contributed by atoms with Crippen molar-refractivity contribution in [3.05, 3.63) is 63.6 Å². The van der Waals surface area contributed by atoms with Gasteiger partial charge in [0.2, 0.25) is 0 Å². The molecule has 0 bridgehead atoms. The van der Waals surface area contributed by atoms with Crippen LogP contribution < -0.4 is 10.5 Å². The van der Waals surface area contributed by atoms with Crippen LogP contribution in [0.2, 0.25) is 10.0 Å². The van der Waals surface area contributed by atoms with E-state index in [1.165, 1.54) is 0 Å². The summed E-state index contributed by atoms with van der Waals surface area (Å²) >= 11 is 12.5. The molecule has 0 amide bonds. The van der Waals surface area contributed by atoms with Crippen molar-refractivity contribution in [3.8, 4) is 5.75 Å². The minimum atomic E-state index is 0.0864. The molecule has 0 aromatic heterocycles. The Bertz CT molecular complexity index is 566. The minimum Gasteiger partial charge on any atom is -0.497 e. The fourth-order valence-electron chi connectivity index (χ4n) is 2.29. The monoisotopic (exact) mass is 309 g/mol. The number of hydrogen-bond donors (Lipinski definition) is 1. The van der Waals surface area contributed by atoms with E-state index in [0.717, 1.165) is 23.3 Å². The van der Waals surface area contributed by atoms with Crippen molar-refractivity contribution in [2.24, 2.45) is 5.73 Å². The normalized spacial score (nSPS) is 12.2. The van der Waals surface area contributed by atoms with Crippen LogP contribution in [0, 0.1) is 0 Å². The van der Waals surface area contributed by atoms with Gasteiger partial charge in [-0.15, -0.1) is 0 Å². The van der Waals surface area contributed by atoms with Gasteiger partial charge in [-0.25, -0.2) is 0 Å². The van der Waals surface area contributed by atoms with Gasteiger partial charge < -0.3 is 10.5 Å². The molecule has 2 rings (SSSR count). The van der Waals surface area contributed by atoms with E-state index in [1.54, 1.807) is 7.11 Å². The number of rotatable bonds is 5. The molecule has 0 aliphatic carbocycles. The summed E-state index contributed by atoms with van der Waals surface area (Å²) in [7, 11) is 1.66. The Morgan fingerprint density at radius 3 is 2.35 bits per heavy atom. The molecular formula is C16H17Cl2NO. The van der Waals surface area contributed by atoms with Crippen molar-refractivity contribution in [2.45, 2.75) is 12.3 Å². The number of methoxy groups -OCH3 is 1. The minimum absolute atomic E-state index is 0.0864. The maximum atomic E-state index is 6.26. The summed E-state index contributed by atoms with van der Waals surface area (Å²) in [4.78, 5) is 0. The van der Waals surface area contributed by atoms with Gasteiger partial charge >= 0.3 is 0 Å². The fraction of sp³-hybridized carbons (Fsp3) is 0.250. The van der Waals surface area contributed by atoms with Gasteiger partial charge in [0.05, 0.1) is 7.11 Å². The molecule has 1 unspecified atom stereocenters. The van der Waals surface area contributed by atoms with E-state index >= 15 is 0 Å². The molecule has 106 valence electrons. The van der Waals surface area contributed by atoms with Crippen LogP contribution >= 0.6 is 23.2 Å². The number of nitrogens with two attached hydrogens (primary N) is 1. The van der Waals surface area contributed by atoms with Gasteiger partial charge in [0.1, 0.15) is 5.75 Å². The predicted molar refractivity (Wildman–Crippen MR) is 85.0 cm³/mol. The number of halogens is 2. The van der Waals surface area contributed by atoms with Gasteiger partial charge in [-0.2, -0.15) is 0 Å². The number of benzene rings is 2. The van der Waals surface area contributed by atoms with Crippen molar-refractivity contribution >= 4 is 23.2 Å². The first-order chi connectivity index (χ1) is 9.65. The molecule has 0 aliphatic heterocycles. The van der Waals surface area contributed by atoms with Crippen molar-refractivity contribution in [3.63, 3.8) is 0 Å². The third kappa shape index (κ3) is 3.45. The SMILES string of the molecule is COc1cccc(CC(CN)c2c(Cl)cccc2Cl)c1. The van der Waals surface area contributed by atoms with Gasteiger partial charge in [-0.3, -0.25) is 0 Å². The van der Waals surface area contributed by atoms with Crippen LogP contribution in [0.1, 0.15) is 17.0 Å². The first kappa shape index (κ1) is 15.2. The van der Waals surface area contributed by atoms with Crippen LogP contribution in [-0.2, 0) is 6.42 Å². The number of ether oxygens (including phenoxy) is 1. The molecule has 2 N–H and O–H groups in total. The van der Waals surface area contributed by atoms with E-state index in [4.69, 9.17) is 33.7 Å². The third-order valence-electron chi connectivity index (χ3n) is 3.31. The first-order valence-electron chi connectivity index (χ1n) is 6.42.